The summed E-state index contributed by atoms with van der Waals surface area (Å²) in [5, 5.41) is 11.2. The van der Waals surface area contributed by atoms with Gasteiger partial charge in [-0.05, 0) is 78.8 Å². The molecule has 1 unspecified atom stereocenters. The van der Waals surface area contributed by atoms with Crippen molar-refractivity contribution in [2.75, 3.05) is 6.54 Å². The van der Waals surface area contributed by atoms with Gasteiger partial charge in [-0.3, -0.25) is 9.69 Å². The third kappa shape index (κ3) is 5.74. The Bertz CT molecular complexity index is 1220. The minimum Gasteiger partial charge on any atom is -0.490 e. The van der Waals surface area contributed by atoms with Crippen molar-refractivity contribution in [3.8, 4) is 11.5 Å². The number of benzene rings is 3. The summed E-state index contributed by atoms with van der Waals surface area (Å²) in [6.45, 7) is 0.391. The Balaban J connectivity index is 1.27. The van der Waals surface area contributed by atoms with Gasteiger partial charge in [0.05, 0.1) is 6.54 Å². The van der Waals surface area contributed by atoms with Crippen LogP contribution < -0.4 is 9.47 Å². The predicted molar refractivity (Wildman–Crippen MR) is 131 cm³/mol. The number of halogens is 2. The Labute approximate surface area is 209 Å². The van der Waals surface area contributed by atoms with Crippen molar-refractivity contribution in [1.29, 1.82) is 0 Å². The van der Waals surface area contributed by atoms with Crippen molar-refractivity contribution in [1.82, 2.24) is 4.90 Å². The lowest BCUT2D eigenvalue weighted by Gasteiger charge is -2.33. The van der Waals surface area contributed by atoms with Gasteiger partial charge in [-0.25, -0.2) is 8.78 Å². The van der Waals surface area contributed by atoms with E-state index in [4.69, 9.17) is 9.47 Å². The van der Waals surface area contributed by atoms with E-state index < -0.39 is 12.3 Å². The highest BCUT2D eigenvalue weighted by molar-refractivity contribution is 5.85. The van der Waals surface area contributed by atoms with Crippen molar-refractivity contribution in [2.24, 2.45) is 0 Å². The monoisotopic (exact) mass is 493 g/mol. The highest BCUT2D eigenvalue weighted by Crippen LogP contribution is 2.31. The van der Waals surface area contributed by atoms with Crippen LogP contribution in [0, 0.1) is 11.6 Å². The summed E-state index contributed by atoms with van der Waals surface area (Å²) >= 11 is 0. The molecule has 3 aromatic rings. The van der Waals surface area contributed by atoms with E-state index in [9.17, 15) is 18.7 Å². The molecule has 3 atom stereocenters. The van der Waals surface area contributed by atoms with E-state index in [-0.39, 0.29) is 30.1 Å². The minimum atomic E-state index is -0.925. The predicted octanol–water partition coefficient (Wildman–Crippen LogP) is 4.83. The van der Waals surface area contributed by atoms with Gasteiger partial charge in [-0.15, -0.1) is 0 Å². The molecule has 0 aliphatic carbocycles. The van der Waals surface area contributed by atoms with Crippen LogP contribution in [0.1, 0.15) is 36.0 Å². The first-order valence-corrected chi connectivity index (χ1v) is 12.3. The summed E-state index contributed by atoms with van der Waals surface area (Å²) in [5.41, 5.74) is 2.56. The van der Waals surface area contributed by atoms with Crippen LogP contribution in [0.15, 0.2) is 66.7 Å². The van der Waals surface area contributed by atoms with E-state index in [2.05, 4.69) is 0 Å². The van der Waals surface area contributed by atoms with Gasteiger partial charge in [0.1, 0.15) is 35.5 Å². The van der Waals surface area contributed by atoms with Gasteiger partial charge in [0.15, 0.2) is 11.9 Å². The van der Waals surface area contributed by atoms with Crippen molar-refractivity contribution in [3.63, 3.8) is 0 Å². The first kappa shape index (κ1) is 24.4. The summed E-state index contributed by atoms with van der Waals surface area (Å²) < 4.78 is 39.0. The maximum absolute atomic E-state index is 13.5. The van der Waals surface area contributed by atoms with Gasteiger partial charge in [-0.1, -0.05) is 30.3 Å². The maximum atomic E-state index is 13.5. The Morgan fingerprint density at radius 3 is 2.25 bits per heavy atom. The van der Waals surface area contributed by atoms with Crippen LogP contribution in [0.4, 0.5) is 8.78 Å². The van der Waals surface area contributed by atoms with Gasteiger partial charge >= 0.3 is 0 Å². The van der Waals surface area contributed by atoms with Gasteiger partial charge in [0.2, 0.25) is 0 Å². The zero-order valence-electron chi connectivity index (χ0n) is 19.9. The summed E-state index contributed by atoms with van der Waals surface area (Å²) in [6.07, 6.45) is 0.818. The molecule has 3 aromatic carbocycles. The molecule has 7 heteroatoms. The molecule has 2 heterocycles. The van der Waals surface area contributed by atoms with Gasteiger partial charge in [0, 0.05) is 13.0 Å². The molecule has 0 fully saturated rings. The van der Waals surface area contributed by atoms with Crippen LogP contribution in [0.2, 0.25) is 0 Å². The van der Waals surface area contributed by atoms with Crippen molar-refractivity contribution >= 4 is 5.78 Å². The van der Waals surface area contributed by atoms with E-state index in [0.717, 1.165) is 16.7 Å². The van der Waals surface area contributed by atoms with Gasteiger partial charge in [-0.2, -0.15) is 0 Å². The summed E-state index contributed by atoms with van der Waals surface area (Å²) in [5.74, 6) is 0.418. The number of hydrogen-bond donors (Lipinski definition) is 1. The summed E-state index contributed by atoms with van der Waals surface area (Å²) in [6, 6.07) is 18.5. The zero-order chi connectivity index (χ0) is 25.1. The second-order valence-electron chi connectivity index (χ2n) is 9.50. The number of ether oxygens (including phenoxy) is 2. The average molecular weight is 494 g/mol. The first-order chi connectivity index (χ1) is 17.4. The molecule has 2 aliphatic rings. The van der Waals surface area contributed by atoms with Crippen LogP contribution in [0.3, 0.4) is 0 Å². The number of aryl methyl sites for hydroxylation is 2. The Morgan fingerprint density at radius 1 is 0.917 bits per heavy atom. The molecule has 36 heavy (non-hydrogen) atoms. The normalized spacial score (nSPS) is 19.6. The maximum Gasteiger partial charge on any atom is 0.187 e. The number of nitrogens with zero attached hydrogens (tertiary/aromatic N) is 1. The Hall–Kier alpha value is -3.29. The second kappa shape index (κ2) is 10.8. The zero-order valence-corrected chi connectivity index (χ0v) is 19.9. The molecular formula is C29H29F2NO4. The number of rotatable bonds is 8. The third-order valence-electron chi connectivity index (χ3n) is 6.86. The van der Waals surface area contributed by atoms with Crippen LogP contribution in [-0.2, 0) is 24.2 Å². The van der Waals surface area contributed by atoms with Gasteiger partial charge in [0.25, 0.3) is 0 Å². The van der Waals surface area contributed by atoms with Crippen LogP contribution >= 0.6 is 0 Å². The molecule has 0 amide bonds. The summed E-state index contributed by atoms with van der Waals surface area (Å²) in [7, 11) is 0. The number of aliphatic hydroxyl groups is 1. The van der Waals surface area contributed by atoms with Crippen molar-refractivity contribution < 1.29 is 28.2 Å². The smallest absolute Gasteiger partial charge is 0.187 e. The number of carbonyl (C=O) groups is 1. The molecule has 188 valence electrons. The van der Waals surface area contributed by atoms with E-state index in [0.29, 0.717) is 50.1 Å². The Kier molecular flexibility index (Phi) is 7.30. The fourth-order valence-corrected chi connectivity index (χ4v) is 4.93. The molecule has 0 radical (unpaired) electrons. The number of hydrogen-bond acceptors (Lipinski definition) is 5. The van der Waals surface area contributed by atoms with E-state index in [1.165, 1.54) is 24.3 Å². The quantitative estimate of drug-likeness (QED) is 0.456. The molecular weight excluding hydrogens is 464 g/mol. The largest absolute Gasteiger partial charge is 0.490 e. The molecule has 0 saturated carbocycles. The number of aliphatic hydroxyl groups excluding tert-OH is 1. The average Bonchev–Trinajstić information content (AvgIpc) is 2.88. The molecule has 2 aliphatic heterocycles. The fraction of sp³-hybridized carbons (Fsp3) is 0.345. The minimum absolute atomic E-state index is 0.00573. The number of Topliss-reactive ketones (excluding diaryl/α,β-unsaturated/α-hetero) is 1. The molecule has 5 rings (SSSR count). The van der Waals surface area contributed by atoms with Crippen LogP contribution in [0.25, 0.3) is 0 Å². The number of ketones is 1. The molecule has 0 saturated heterocycles. The molecule has 0 aromatic heterocycles. The molecule has 1 N–H and O–H groups in total. The topological polar surface area (TPSA) is 59.0 Å². The van der Waals surface area contributed by atoms with Crippen LogP contribution in [-0.4, -0.2) is 40.8 Å². The standard InChI is InChI=1S/C29H29F2NO4/c30-22-8-12-26-20(14-22)6-10-24(35-26)16-29(34)32(17-19-4-2-1-3-5-19)18-25(33)28-11-7-21-15-23(31)9-13-27(21)36-28/h1-5,8-9,12-15,24,28-29,34H,6-7,10-11,16-18H2/t24-,28+,29?/m1/s1. The second-order valence-corrected chi connectivity index (χ2v) is 9.50. The van der Waals surface area contributed by atoms with E-state index in [1.54, 1.807) is 17.0 Å². The fourth-order valence-electron chi connectivity index (χ4n) is 4.93. The Morgan fingerprint density at radius 2 is 1.56 bits per heavy atom. The first-order valence-electron chi connectivity index (χ1n) is 12.3. The van der Waals surface area contributed by atoms with Crippen molar-refractivity contribution in [2.45, 2.75) is 57.1 Å². The van der Waals surface area contributed by atoms with Gasteiger partial charge < -0.3 is 14.6 Å². The lowest BCUT2D eigenvalue weighted by atomic mass is 9.98. The highest BCUT2D eigenvalue weighted by Gasteiger charge is 2.31. The molecule has 5 nitrogen and oxygen atoms in total. The van der Waals surface area contributed by atoms with Crippen LogP contribution in [0.5, 0.6) is 11.5 Å². The molecule has 0 bridgehead atoms. The lowest BCUT2D eigenvalue weighted by molar-refractivity contribution is -0.132. The SMILES string of the molecule is O=C(CN(Cc1ccccc1)C(O)C[C@H]1CCc2cc(F)ccc2O1)[C@@H]1CCc2cc(F)ccc2O1. The lowest BCUT2D eigenvalue weighted by Crippen LogP contribution is -2.45. The molecule has 0 spiro atoms. The third-order valence-corrected chi connectivity index (χ3v) is 6.86. The number of carbonyl (C=O) groups excluding carboxylic acids is 1. The van der Waals surface area contributed by atoms with Crippen molar-refractivity contribution in [3.05, 3.63) is 95.1 Å². The van der Waals surface area contributed by atoms with E-state index >= 15 is 0 Å². The highest BCUT2D eigenvalue weighted by atomic mass is 19.1. The number of fused-ring (bicyclic) bond motifs is 2. The summed E-state index contributed by atoms with van der Waals surface area (Å²) in [4.78, 5) is 15.0. The van der Waals surface area contributed by atoms with E-state index in [1.807, 2.05) is 30.3 Å².